The Morgan fingerprint density at radius 3 is 2.70 bits per heavy atom. The zero-order valence-corrected chi connectivity index (χ0v) is 13.9. The molecule has 2 saturated heterocycles. The van der Waals surface area contributed by atoms with Gasteiger partial charge in [0.05, 0.1) is 0 Å². The molecule has 2 heterocycles. The predicted molar refractivity (Wildman–Crippen MR) is 92.4 cm³/mol. The summed E-state index contributed by atoms with van der Waals surface area (Å²) in [6, 6.07) is 7.29. The molecule has 0 bridgehead atoms. The van der Waals surface area contributed by atoms with Crippen LogP contribution in [0.25, 0.3) is 0 Å². The molecule has 2 aliphatic rings. The van der Waals surface area contributed by atoms with Crippen LogP contribution in [0.5, 0.6) is 0 Å². The molecule has 1 aromatic carbocycles. The van der Waals surface area contributed by atoms with E-state index in [1.807, 2.05) is 29.2 Å². The van der Waals surface area contributed by atoms with Gasteiger partial charge in [-0.1, -0.05) is 6.07 Å². The van der Waals surface area contributed by atoms with Gasteiger partial charge in [-0.15, -0.1) is 12.4 Å². The summed E-state index contributed by atoms with van der Waals surface area (Å²) >= 11 is 0. The Bertz CT molecular complexity index is 559. The molecule has 0 spiro atoms. The zero-order valence-electron chi connectivity index (χ0n) is 13.1. The highest BCUT2D eigenvalue weighted by Gasteiger charge is 2.22. The first-order valence-electron chi connectivity index (χ1n) is 7.91. The van der Waals surface area contributed by atoms with Crippen LogP contribution in [0.3, 0.4) is 0 Å². The van der Waals surface area contributed by atoms with Gasteiger partial charge in [-0.25, -0.2) is 4.79 Å². The number of amides is 3. The monoisotopic (exact) mass is 338 g/mol. The van der Waals surface area contributed by atoms with E-state index in [-0.39, 0.29) is 24.3 Å². The standard InChI is InChI=1S/C16H22N4O2.ClH/c21-15(19-9-2-6-17-8-11-19)13-4-1-5-14(12-13)20-10-3-7-18-16(20)22;/h1,4-5,12,17H,2-3,6-11H2,(H,18,22);1H. The first-order chi connectivity index (χ1) is 10.8. The van der Waals surface area contributed by atoms with E-state index in [4.69, 9.17) is 0 Å². The number of halogens is 1. The number of urea groups is 1. The van der Waals surface area contributed by atoms with Crippen molar-refractivity contribution in [3.63, 3.8) is 0 Å². The zero-order chi connectivity index (χ0) is 15.4. The smallest absolute Gasteiger partial charge is 0.321 e. The molecule has 2 fully saturated rings. The predicted octanol–water partition coefficient (Wildman–Crippen LogP) is 1.46. The summed E-state index contributed by atoms with van der Waals surface area (Å²) in [6.45, 7) is 4.71. The molecule has 0 atom stereocenters. The third-order valence-electron chi connectivity index (χ3n) is 4.11. The van der Waals surface area contributed by atoms with E-state index in [1.54, 1.807) is 4.90 Å². The third-order valence-corrected chi connectivity index (χ3v) is 4.11. The number of nitrogens with one attached hydrogen (secondary N) is 2. The fourth-order valence-electron chi connectivity index (χ4n) is 2.91. The molecule has 2 N–H and O–H groups in total. The summed E-state index contributed by atoms with van der Waals surface area (Å²) < 4.78 is 0. The van der Waals surface area contributed by atoms with Crippen LogP contribution in [0.1, 0.15) is 23.2 Å². The Labute approximate surface area is 142 Å². The van der Waals surface area contributed by atoms with Crippen LogP contribution in [-0.4, -0.2) is 56.1 Å². The van der Waals surface area contributed by atoms with E-state index < -0.39 is 0 Å². The highest BCUT2D eigenvalue weighted by Crippen LogP contribution is 2.19. The van der Waals surface area contributed by atoms with Gasteiger partial charge in [0, 0.05) is 44.0 Å². The minimum atomic E-state index is -0.0881. The van der Waals surface area contributed by atoms with Crippen molar-refractivity contribution in [3.05, 3.63) is 29.8 Å². The second-order valence-corrected chi connectivity index (χ2v) is 5.68. The van der Waals surface area contributed by atoms with Crippen LogP contribution in [0.2, 0.25) is 0 Å². The maximum atomic E-state index is 12.6. The van der Waals surface area contributed by atoms with Crippen molar-refractivity contribution >= 4 is 30.0 Å². The molecule has 3 rings (SSSR count). The molecule has 126 valence electrons. The molecule has 0 aromatic heterocycles. The second kappa shape index (κ2) is 8.17. The van der Waals surface area contributed by atoms with Crippen LogP contribution < -0.4 is 15.5 Å². The molecule has 23 heavy (non-hydrogen) atoms. The molecule has 7 heteroatoms. The molecular weight excluding hydrogens is 316 g/mol. The average Bonchev–Trinajstić information content (AvgIpc) is 2.84. The topological polar surface area (TPSA) is 64.7 Å². The number of carbonyl (C=O) groups excluding carboxylic acids is 2. The maximum absolute atomic E-state index is 12.6. The number of anilines is 1. The highest BCUT2D eigenvalue weighted by molar-refractivity contribution is 5.98. The van der Waals surface area contributed by atoms with Crippen LogP contribution in [-0.2, 0) is 0 Å². The van der Waals surface area contributed by atoms with Gasteiger partial charge in [0.1, 0.15) is 0 Å². The summed E-state index contributed by atoms with van der Waals surface area (Å²) in [7, 11) is 0. The largest absolute Gasteiger partial charge is 0.338 e. The molecule has 2 aliphatic heterocycles. The Morgan fingerprint density at radius 1 is 1.04 bits per heavy atom. The fourth-order valence-corrected chi connectivity index (χ4v) is 2.91. The van der Waals surface area contributed by atoms with E-state index in [0.29, 0.717) is 18.7 Å². The second-order valence-electron chi connectivity index (χ2n) is 5.68. The van der Waals surface area contributed by atoms with Gasteiger partial charge >= 0.3 is 6.03 Å². The highest BCUT2D eigenvalue weighted by atomic mass is 35.5. The SMILES string of the molecule is Cl.O=C(c1cccc(N2CCCNC2=O)c1)N1CCCNCC1. The van der Waals surface area contributed by atoms with Crippen molar-refractivity contribution in [1.82, 2.24) is 15.5 Å². The van der Waals surface area contributed by atoms with Crippen molar-refractivity contribution in [2.75, 3.05) is 44.2 Å². The number of benzene rings is 1. The van der Waals surface area contributed by atoms with Gasteiger partial charge in [-0.2, -0.15) is 0 Å². The van der Waals surface area contributed by atoms with E-state index >= 15 is 0 Å². The van der Waals surface area contributed by atoms with Crippen molar-refractivity contribution in [2.24, 2.45) is 0 Å². The Morgan fingerprint density at radius 2 is 1.87 bits per heavy atom. The number of carbonyl (C=O) groups is 2. The molecule has 3 amide bonds. The van der Waals surface area contributed by atoms with Gasteiger partial charge in [-0.3, -0.25) is 9.69 Å². The molecule has 0 saturated carbocycles. The Balaban J connectivity index is 0.00000192. The quantitative estimate of drug-likeness (QED) is 0.858. The molecular formula is C16H23ClN4O2. The van der Waals surface area contributed by atoms with E-state index in [0.717, 1.165) is 44.7 Å². The molecule has 6 nitrogen and oxygen atoms in total. The van der Waals surface area contributed by atoms with Gasteiger partial charge < -0.3 is 15.5 Å². The molecule has 1 aromatic rings. The van der Waals surface area contributed by atoms with Gasteiger partial charge in [-0.05, 0) is 37.6 Å². The maximum Gasteiger partial charge on any atom is 0.321 e. The number of rotatable bonds is 2. The Hall–Kier alpha value is -1.79. The normalized spacial score (nSPS) is 18.7. The van der Waals surface area contributed by atoms with Crippen LogP contribution in [0, 0.1) is 0 Å². The lowest BCUT2D eigenvalue weighted by Crippen LogP contribution is -2.46. The van der Waals surface area contributed by atoms with Crippen LogP contribution in [0.4, 0.5) is 10.5 Å². The van der Waals surface area contributed by atoms with Gasteiger partial charge in [0.2, 0.25) is 0 Å². The lowest BCUT2D eigenvalue weighted by atomic mass is 10.1. The molecule has 0 unspecified atom stereocenters. The van der Waals surface area contributed by atoms with E-state index in [9.17, 15) is 9.59 Å². The summed E-state index contributed by atoms with van der Waals surface area (Å²) in [5.74, 6) is 0.0444. The van der Waals surface area contributed by atoms with Crippen LogP contribution in [0.15, 0.2) is 24.3 Å². The van der Waals surface area contributed by atoms with Crippen molar-refractivity contribution in [1.29, 1.82) is 0 Å². The van der Waals surface area contributed by atoms with Crippen LogP contribution >= 0.6 is 12.4 Å². The van der Waals surface area contributed by atoms with Crippen molar-refractivity contribution < 1.29 is 9.59 Å². The third kappa shape index (κ3) is 4.14. The summed E-state index contributed by atoms with van der Waals surface area (Å²) in [5.41, 5.74) is 1.44. The summed E-state index contributed by atoms with van der Waals surface area (Å²) in [4.78, 5) is 28.2. The van der Waals surface area contributed by atoms with Crippen molar-refractivity contribution in [2.45, 2.75) is 12.8 Å². The minimum absolute atomic E-state index is 0. The summed E-state index contributed by atoms with van der Waals surface area (Å²) in [6.07, 6.45) is 1.89. The molecule has 0 aliphatic carbocycles. The molecule has 0 radical (unpaired) electrons. The van der Waals surface area contributed by atoms with Gasteiger partial charge in [0.25, 0.3) is 5.91 Å². The minimum Gasteiger partial charge on any atom is -0.338 e. The summed E-state index contributed by atoms with van der Waals surface area (Å²) in [5, 5.41) is 6.13. The first-order valence-corrected chi connectivity index (χ1v) is 7.91. The lowest BCUT2D eigenvalue weighted by Gasteiger charge is -2.28. The van der Waals surface area contributed by atoms with E-state index in [2.05, 4.69) is 10.6 Å². The first kappa shape index (κ1) is 17.6. The number of hydrogen-bond donors (Lipinski definition) is 2. The fraction of sp³-hybridized carbons (Fsp3) is 0.500. The number of hydrogen-bond acceptors (Lipinski definition) is 3. The van der Waals surface area contributed by atoms with Crippen molar-refractivity contribution in [3.8, 4) is 0 Å². The number of nitrogens with zero attached hydrogens (tertiary/aromatic N) is 2. The van der Waals surface area contributed by atoms with E-state index in [1.165, 1.54) is 0 Å². The van der Waals surface area contributed by atoms with Gasteiger partial charge in [0.15, 0.2) is 0 Å². The lowest BCUT2D eigenvalue weighted by molar-refractivity contribution is 0.0766. The average molecular weight is 339 g/mol. The Kier molecular flexibility index (Phi) is 6.24.